The fourth-order valence-corrected chi connectivity index (χ4v) is 2.97. The monoisotopic (exact) mass is 415 g/mol. The first kappa shape index (κ1) is 20.9. The summed E-state index contributed by atoms with van der Waals surface area (Å²) in [7, 11) is 1.58. The van der Waals surface area contributed by atoms with Crippen LogP contribution >= 0.6 is 0 Å². The average Bonchev–Trinajstić information content (AvgIpc) is 3.22. The molecular weight excluding hydrogens is 394 g/mol. The number of non-ortho nitro benzene ring substituents is 1. The summed E-state index contributed by atoms with van der Waals surface area (Å²) in [6, 6.07) is 9.21. The van der Waals surface area contributed by atoms with Gasteiger partial charge in [-0.1, -0.05) is 6.07 Å². The minimum atomic E-state index is -0.824. The van der Waals surface area contributed by atoms with Crippen LogP contribution in [0.5, 0.6) is 11.5 Å². The Bertz CT molecular complexity index is 977. The van der Waals surface area contributed by atoms with Crippen LogP contribution in [0.1, 0.15) is 22.8 Å². The van der Waals surface area contributed by atoms with Gasteiger partial charge in [-0.05, 0) is 30.7 Å². The number of nitrogens with one attached hydrogen (secondary N) is 1. The van der Waals surface area contributed by atoms with Gasteiger partial charge in [-0.15, -0.1) is 0 Å². The number of nitro groups is 1. The quantitative estimate of drug-likeness (QED) is 0.397. The third-order valence-electron chi connectivity index (χ3n) is 4.57. The Labute approximate surface area is 172 Å². The molecule has 0 bridgehead atoms. The van der Waals surface area contributed by atoms with E-state index in [9.17, 15) is 19.7 Å². The SMILES string of the molecule is CCN(Cc1ccc2c(c1)OCO2)C(=O)COC(=O)c1cc([N+](=O)[O-])ccc1NC. The van der Waals surface area contributed by atoms with Crippen LogP contribution in [0, 0.1) is 10.1 Å². The summed E-state index contributed by atoms with van der Waals surface area (Å²) in [6.45, 7) is 2.21. The minimum Gasteiger partial charge on any atom is -0.454 e. The minimum absolute atomic E-state index is 0.0154. The number of carbonyl (C=O) groups is 2. The average molecular weight is 415 g/mol. The Morgan fingerprint density at radius 3 is 2.67 bits per heavy atom. The van der Waals surface area contributed by atoms with Crippen molar-refractivity contribution in [2.75, 3.05) is 32.3 Å². The zero-order chi connectivity index (χ0) is 21.7. The highest BCUT2D eigenvalue weighted by Gasteiger charge is 2.21. The molecule has 158 valence electrons. The Morgan fingerprint density at radius 1 is 1.20 bits per heavy atom. The molecule has 1 aliphatic heterocycles. The Hall–Kier alpha value is -3.82. The number of esters is 1. The van der Waals surface area contributed by atoms with Crippen molar-refractivity contribution in [2.24, 2.45) is 0 Å². The second-order valence-electron chi connectivity index (χ2n) is 6.41. The molecule has 0 radical (unpaired) electrons. The van der Waals surface area contributed by atoms with E-state index in [1.54, 1.807) is 19.2 Å². The smallest absolute Gasteiger partial charge is 0.341 e. The molecule has 1 aliphatic rings. The highest BCUT2D eigenvalue weighted by atomic mass is 16.7. The molecule has 0 saturated carbocycles. The van der Waals surface area contributed by atoms with E-state index in [4.69, 9.17) is 14.2 Å². The van der Waals surface area contributed by atoms with E-state index in [2.05, 4.69) is 5.32 Å². The predicted octanol–water partition coefficient (Wildman–Crippen LogP) is 2.57. The van der Waals surface area contributed by atoms with Gasteiger partial charge in [0.05, 0.1) is 10.5 Å². The van der Waals surface area contributed by atoms with Crippen molar-refractivity contribution in [2.45, 2.75) is 13.5 Å². The van der Waals surface area contributed by atoms with E-state index < -0.39 is 17.5 Å². The van der Waals surface area contributed by atoms with Crippen molar-refractivity contribution in [3.8, 4) is 11.5 Å². The summed E-state index contributed by atoms with van der Waals surface area (Å²) in [4.78, 5) is 36.9. The number of anilines is 1. The van der Waals surface area contributed by atoms with Gasteiger partial charge in [0, 0.05) is 38.0 Å². The highest BCUT2D eigenvalue weighted by molar-refractivity contribution is 5.97. The van der Waals surface area contributed by atoms with Gasteiger partial charge >= 0.3 is 5.97 Å². The summed E-state index contributed by atoms with van der Waals surface area (Å²) >= 11 is 0. The molecule has 2 aromatic rings. The van der Waals surface area contributed by atoms with Crippen molar-refractivity contribution in [3.05, 3.63) is 57.6 Å². The first-order valence-corrected chi connectivity index (χ1v) is 9.22. The Balaban J connectivity index is 1.64. The van der Waals surface area contributed by atoms with Crippen molar-refractivity contribution in [3.63, 3.8) is 0 Å². The number of fused-ring (bicyclic) bond motifs is 1. The van der Waals surface area contributed by atoms with Crippen LogP contribution in [-0.2, 0) is 16.1 Å². The van der Waals surface area contributed by atoms with E-state index >= 15 is 0 Å². The van der Waals surface area contributed by atoms with Gasteiger partial charge in [0.25, 0.3) is 11.6 Å². The van der Waals surface area contributed by atoms with Crippen LogP contribution in [0.25, 0.3) is 0 Å². The Kier molecular flexibility index (Phi) is 6.35. The van der Waals surface area contributed by atoms with Crippen LogP contribution < -0.4 is 14.8 Å². The summed E-state index contributed by atoms with van der Waals surface area (Å²) in [6.07, 6.45) is 0. The lowest BCUT2D eigenvalue weighted by molar-refractivity contribution is -0.384. The normalized spacial score (nSPS) is 11.7. The van der Waals surface area contributed by atoms with E-state index in [1.165, 1.54) is 17.0 Å². The second-order valence-corrected chi connectivity index (χ2v) is 6.41. The zero-order valence-electron chi connectivity index (χ0n) is 16.5. The topological polar surface area (TPSA) is 120 Å². The van der Waals surface area contributed by atoms with E-state index in [0.29, 0.717) is 30.3 Å². The molecule has 1 amide bonds. The lowest BCUT2D eigenvalue weighted by atomic mass is 10.1. The molecule has 0 saturated heterocycles. The van der Waals surface area contributed by atoms with Crippen LogP contribution in [0.3, 0.4) is 0 Å². The zero-order valence-corrected chi connectivity index (χ0v) is 16.5. The first-order valence-electron chi connectivity index (χ1n) is 9.22. The molecule has 0 fully saturated rings. The van der Waals surface area contributed by atoms with Crippen molar-refractivity contribution >= 4 is 23.3 Å². The largest absolute Gasteiger partial charge is 0.454 e. The number of hydrogen-bond donors (Lipinski definition) is 1. The van der Waals surface area contributed by atoms with Crippen LogP contribution in [0.15, 0.2) is 36.4 Å². The molecule has 3 rings (SSSR count). The number of nitro benzene ring substituents is 1. The lowest BCUT2D eigenvalue weighted by Crippen LogP contribution is -2.34. The van der Waals surface area contributed by atoms with Crippen LogP contribution in [0.4, 0.5) is 11.4 Å². The molecule has 1 N–H and O–H groups in total. The third-order valence-corrected chi connectivity index (χ3v) is 4.57. The van der Waals surface area contributed by atoms with E-state index in [0.717, 1.165) is 11.6 Å². The predicted molar refractivity (Wildman–Crippen MR) is 107 cm³/mol. The van der Waals surface area contributed by atoms with Gasteiger partial charge in [0.2, 0.25) is 6.79 Å². The number of likely N-dealkylation sites (N-methyl/N-ethyl adjacent to an activating group) is 1. The fraction of sp³-hybridized carbons (Fsp3) is 0.300. The number of nitrogens with zero attached hydrogens (tertiary/aromatic N) is 2. The standard InChI is InChI=1S/C20H21N3O7/c1-3-22(10-13-4-7-17-18(8-13)30-12-29-17)19(24)11-28-20(25)15-9-14(23(26)27)5-6-16(15)21-2/h4-9,21H,3,10-12H2,1-2H3. The molecule has 0 atom stereocenters. The molecule has 0 spiro atoms. The van der Waals surface area contributed by atoms with Crippen molar-refractivity contribution in [1.82, 2.24) is 4.90 Å². The van der Waals surface area contributed by atoms with Gasteiger partial charge in [0.1, 0.15) is 0 Å². The molecule has 30 heavy (non-hydrogen) atoms. The summed E-state index contributed by atoms with van der Waals surface area (Å²) < 4.78 is 15.7. The Morgan fingerprint density at radius 2 is 1.97 bits per heavy atom. The summed E-state index contributed by atoms with van der Waals surface area (Å²) in [5, 5.41) is 13.7. The molecule has 0 unspecified atom stereocenters. The highest BCUT2D eigenvalue weighted by Crippen LogP contribution is 2.32. The van der Waals surface area contributed by atoms with Gasteiger partial charge in [-0.3, -0.25) is 14.9 Å². The molecule has 0 aliphatic carbocycles. The van der Waals surface area contributed by atoms with Gasteiger partial charge < -0.3 is 24.4 Å². The van der Waals surface area contributed by atoms with Gasteiger partial charge in [-0.2, -0.15) is 0 Å². The lowest BCUT2D eigenvalue weighted by Gasteiger charge is -2.21. The van der Waals surface area contributed by atoms with Crippen LogP contribution in [-0.4, -0.2) is 48.7 Å². The summed E-state index contributed by atoms with van der Waals surface area (Å²) in [5.74, 6) is 0.0579. The maximum atomic E-state index is 12.5. The molecule has 1 heterocycles. The molecular formula is C20H21N3O7. The molecule has 10 nitrogen and oxygen atoms in total. The first-order chi connectivity index (χ1) is 14.4. The molecule has 0 aromatic heterocycles. The maximum Gasteiger partial charge on any atom is 0.341 e. The number of amides is 1. The van der Waals surface area contributed by atoms with Gasteiger partial charge in [-0.25, -0.2) is 4.79 Å². The van der Waals surface area contributed by atoms with Crippen molar-refractivity contribution in [1.29, 1.82) is 0 Å². The maximum absolute atomic E-state index is 12.5. The number of ether oxygens (including phenoxy) is 3. The molecule has 10 heteroatoms. The second kappa shape index (κ2) is 9.12. The van der Waals surface area contributed by atoms with Crippen LogP contribution in [0.2, 0.25) is 0 Å². The molecule has 2 aromatic carbocycles. The van der Waals surface area contributed by atoms with E-state index in [-0.39, 0.29) is 24.0 Å². The number of hydrogen-bond acceptors (Lipinski definition) is 8. The number of carbonyl (C=O) groups excluding carboxylic acids is 2. The van der Waals surface area contributed by atoms with Gasteiger partial charge in [0.15, 0.2) is 18.1 Å². The summed E-state index contributed by atoms with van der Waals surface area (Å²) in [5.41, 5.74) is 0.950. The number of rotatable bonds is 8. The third kappa shape index (κ3) is 4.59. The van der Waals surface area contributed by atoms with Crippen molar-refractivity contribution < 1.29 is 28.7 Å². The fourth-order valence-electron chi connectivity index (χ4n) is 2.97. The number of benzene rings is 2. The van der Waals surface area contributed by atoms with E-state index in [1.807, 2.05) is 13.0 Å².